The average Bonchev–Trinajstić information content (AvgIpc) is 3.16. The first kappa shape index (κ1) is 18.5. The molecule has 0 unspecified atom stereocenters. The fourth-order valence-corrected chi connectivity index (χ4v) is 2.94. The van der Waals surface area contributed by atoms with Gasteiger partial charge in [-0.2, -0.15) is 0 Å². The van der Waals surface area contributed by atoms with Crippen LogP contribution in [0.5, 0.6) is 0 Å². The van der Waals surface area contributed by atoms with Crippen molar-refractivity contribution in [2.24, 2.45) is 0 Å². The summed E-state index contributed by atoms with van der Waals surface area (Å²) in [5.74, 6) is -0.276. The van der Waals surface area contributed by atoms with Crippen LogP contribution in [0.2, 0.25) is 0 Å². The molecule has 0 radical (unpaired) electrons. The van der Waals surface area contributed by atoms with Crippen LogP contribution in [0.4, 0.5) is 11.4 Å². The third kappa shape index (κ3) is 4.08. The molecular weight excluding hydrogens is 340 g/mol. The van der Waals surface area contributed by atoms with E-state index in [-0.39, 0.29) is 17.6 Å². The Morgan fingerprint density at radius 1 is 0.963 bits per heavy atom. The molecule has 5 heteroatoms. The van der Waals surface area contributed by atoms with Gasteiger partial charge < -0.3 is 14.6 Å². The van der Waals surface area contributed by atoms with Crippen LogP contribution >= 0.6 is 0 Å². The van der Waals surface area contributed by atoms with Crippen LogP contribution in [-0.2, 0) is 0 Å². The van der Waals surface area contributed by atoms with Gasteiger partial charge in [-0.3, -0.25) is 9.59 Å². The lowest BCUT2D eigenvalue weighted by molar-refractivity contribution is 0.0985. The lowest BCUT2D eigenvalue weighted by Gasteiger charge is -2.19. The third-order valence-electron chi connectivity index (χ3n) is 4.38. The van der Waals surface area contributed by atoms with Gasteiger partial charge >= 0.3 is 0 Å². The lowest BCUT2D eigenvalue weighted by Crippen LogP contribution is -2.26. The van der Waals surface area contributed by atoms with Crippen LogP contribution < -0.4 is 10.2 Å². The van der Waals surface area contributed by atoms with Gasteiger partial charge in [-0.1, -0.05) is 12.1 Å². The number of anilines is 2. The second-order valence-corrected chi connectivity index (χ2v) is 6.67. The van der Waals surface area contributed by atoms with Crippen molar-refractivity contribution in [3.63, 3.8) is 0 Å². The largest absolute Gasteiger partial charge is 0.459 e. The standard InChI is InChI=1S/C22H22N2O3/c1-14-10-15(2)12-18(11-14)24(4)22(26)17-8-7-16(3)19(13-17)23-21(25)20-6-5-9-27-20/h5-13H,1-4H3,(H,23,25). The molecule has 2 aromatic carbocycles. The zero-order chi connectivity index (χ0) is 19.6. The van der Waals surface area contributed by atoms with Crippen molar-refractivity contribution in [3.05, 3.63) is 82.8 Å². The van der Waals surface area contributed by atoms with E-state index in [4.69, 9.17) is 4.42 Å². The molecule has 0 atom stereocenters. The fourth-order valence-electron chi connectivity index (χ4n) is 2.94. The van der Waals surface area contributed by atoms with Crippen LogP contribution in [0.3, 0.4) is 0 Å². The number of nitrogens with one attached hydrogen (secondary N) is 1. The molecule has 0 aliphatic heterocycles. The van der Waals surface area contributed by atoms with Gasteiger partial charge in [-0.15, -0.1) is 0 Å². The number of carbonyl (C=O) groups excluding carboxylic acids is 2. The highest BCUT2D eigenvalue weighted by Crippen LogP contribution is 2.23. The molecule has 3 aromatic rings. The molecule has 1 heterocycles. The Bertz CT molecular complexity index is 971. The predicted molar refractivity (Wildman–Crippen MR) is 106 cm³/mol. The third-order valence-corrected chi connectivity index (χ3v) is 4.38. The predicted octanol–water partition coefficient (Wildman–Crippen LogP) is 4.73. The zero-order valence-corrected chi connectivity index (χ0v) is 15.9. The van der Waals surface area contributed by atoms with Crippen molar-refractivity contribution >= 4 is 23.2 Å². The van der Waals surface area contributed by atoms with Gasteiger partial charge in [0.2, 0.25) is 0 Å². The van der Waals surface area contributed by atoms with E-state index in [1.54, 1.807) is 36.2 Å². The summed E-state index contributed by atoms with van der Waals surface area (Å²) in [6.07, 6.45) is 1.44. The minimum Gasteiger partial charge on any atom is -0.459 e. The molecule has 1 aromatic heterocycles. The maximum atomic E-state index is 12.9. The smallest absolute Gasteiger partial charge is 0.291 e. The maximum absolute atomic E-state index is 12.9. The fraction of sp³-hybridized carbons (Fsp3) is 0.182. The second kappa shape index (κ2) is 7.50. The van der Waals surface area contributed by atoms with E-state index in [0.717, 1.165) is 22.4 Å². The van der Waals surface area contributed by atoms with Gasteiger partial charge in [0.05, 0.1) is 6.26 Å². The first-order valence-electron chi connectivity index (χ1n) is 8.67. The molecule has 0 saturated carbocycles. The molecule has 0 fully saturated rings. The normalized spacial score (nSPS) is 10.5. The Morgan fingerprint density at radius 2 is 1.67 bits per heavy atom. The summed E-state index contributed by atoms with van der Waals surface area (Å²) in [6.45, 7) is 5.88. The van der Waals surface area contributed by atoms with Crippen molar-refractivity contribution in [1.82, 2.24) is 0 Å². The molecule has 0 spiro atoms. The number of hydrogen-bond acceptors (Lipinski definition) is 3. The summed E-state index contributed by atoms with van der Waals surface area (Å²) < 4.78 is 5.12. The summed E-state index contributed by atoms with van der Waals surface area (Å²) in [5.41, 5.74) is 4.97. The highest BCUT2D eigenvalue weighted by molar-refractivity contribution is 6.08. The Labute approximate surface area is 158 Å². The molecule has 5 nitrogen and oxygen atoms in total. The van der Waals surface area contributed by atoms with Crippen LogP contribution in [-0.4, -0.2) is 18.9 Å². The highest BCUT2D eigenvalue weighted by Gasteiger charge is 2.17. The lowest BCUT2D eigenvalue weighted by atomic mass is 10.1. The second-order valence-electron chi connectivity index (χ2n) is 6.67. The maximum Gasteiger partial charge on any atom is 0.291 e. The Balaban J connectivity index is 1.86. The van der Waals surface area contributed by atoms with Gasteiger partial charge in [0.1, 0.15) is 0 Å². The van der Waals surface area contributed by atoms with E-state index in [0.29, 0.717) is 11.3 Å². The van der Waals surface area contributed by atoms with E-state index in [2.05, 4.69) is 11.4 Å². The number of hydrogen-bond donors (Lipinski definition) is 1. The molecule has 3 rings (SSSR count). The van der Waals surface area contributed by atoms with Crippen molar-refractivity contribution in [2.75, 3.05) is 17.3 Å². The molecule has 0 aliphatic carbocycles. The summed E-state index contributed by atoms with van der Waals surface area (Å²) in [7, 11) is 1.75. The minimum atomic E-state index is -0.352. The zero-order valence-electron chi connectivity index (χ0n) is 15.9. The number of furan rings is 1. The number of aryl methyl sites for hydroxylation is 3. The van der Waals surface area contributed by atoms with Gasteiger partial charge in [-0.05, 0) is 73.9 Å². The van der Waals surface area contributed by atoms with Crippen LogP contribution in [0.25, 0.3) is 0 Å². The van der Waals surface area contributed by atoms with Gasteiger partial charge in [-0.25, -0.2) is 0 Å². The summed E-state index contributed by atoms with van der Waals surface area (Å²) in [5, 5.41) is 2.80. The molecule has 1 N–H and O–H groups in total. The first-order valence-corrected chi connectivity index (χ1v) is 8.67. The van der Waals surface area contributed by atoms with E-state index >= 15 is 0 Å². The minimum absolute atomic E-state index is 0.145. The van der Waals surface area contributed by atoms with Gasteiger partial charge in [0, 0.05) is 24.0 Å². The van der Waals surface area contributed by atoms with Gasteiger partial charge in [0.15, 0.2) is 5.76 Å². The van der Waals surface area contributed by atoms with E-state index in [9.17, 15) is 9.59 Å². The van der Waals surface area contributed by atoms with Crippen molar-refractivity contribution in [3.8, 4) is 0 Å². The number of carbonyl (C=O) groups is 2. The average molecular weight is 362 g/mol. The van der Waals surface area contributed by atoms with Crippen molar-refractivity contribution in [1.29, 1.82) is 0 Å². The van der Waals surface area contributed by atoms with Crippen LogP contribution in [0, 0.1) is 20.8 Å². The highest BCUT2D eigenvalue weighted by atomic mass is 16.3. The Morgan fingerprint density at radius 3 is 2.30 bits per heavy atom. The van der Waals surface area contributed by atoms with Crippen molar-refractivity contribution < 1.29 is 14.0 Å². The van der Waals surface area contributed by atoms with Crippen LogP contribution in [0.15, 0.2) is 59.2 Å². The molecule has 2 amide bonds. The molecule has 138 valence electrons. The van der Waals surface area contributed by atoms with Crippen molar-refractivity contribution in [2.45, 2.75) is 20.8 Å². The molecular formula is C22H22N2O3. The number of amides is 2. The number of benzene rings is 2. The molecule has 0 bridgehead atoms. The Kier molecular flexibility index (Phi) is 5.12. The SMILES string of the molecule is Cc1cc(C)cc(N(C)C(=O)c2ccc(C)c(NC(=O)c3ccco3)c2)c1. The summed E-state index contributed by atoms with van der Waals surface area (Å²) >= 11 is 0. The van der Waals surface area contributed by atoms with E-state index in [1.807, 2.05) is 39.0 Å². The van der Waals surface area contributed by atoms with Gasteiger partial charge in [0.25, 0.3) is 11.8 Å². The van der Waals surface area contributed by atoms with E-state index < -0.39 is 0 Å². The molecule has 0 aliphatic rings. The first-order chi connectivity index (χ1) is 12.8. The topological polar surface area (TPSA) is 62.6 Å². The van der Waals surface area contributed by atoms with Crippen LogP contribution in [0.1, 0.15) is 37.6 Å². The molecule has 0 saturated heterocycles. The Hall–Kier alpha value is -3.34. The monoisotopic (exact) mass is 362 g/mol. The number of rotatable bonds is 4. The number of nitrogens with zero attached hydrogens (tertiary/aromatic N) is 1. The summed E-state index contributed by atoms with van der Waals surface area (Å²) in [4.78, 5) is 26.8. The summed E-state index contributed by atoms with van der Waals surface area (Å²) in [6, 6.07) is 14.5. The quantitative estimate of drug-likeness (QED) is 0.729. The van der Waals surface area contributed by atoms with E-state index in [1.165, 1.54) is 6.26 Å². The molecule has 27 heavy (non-hydrogen) atoms.